The number of ether oxygens (including phenoxy) is 1. The normalized spacial score (nSPS) is 22.6. The van der Waals surface area contributed by atoms with Crippen molar-refractivity contribution in [2.45, 2.75) is 31.5 Å². The molecule has 0 amide bonds. The summed E-state index contributed by atoms with van der Waals surface area (Å²) >= 11 is 0. The van der Waals surface area contributed by atoms with Crippen molar-refractivity contribution in [3.63, 3.8) is 0 Å². The highest BCUT2D eigenvalue weighted by Crippen LogP contribution is 2.32. The Morgan fingerprint density at radius 1 is 1.11 bits per heavy atom. The van der Waals surface area contributed by atoms with Gasteiger partial charge in [0.15, 0.2) is 6.10 Å². The molecule has 5 heteroatoms. The molecule has 2 aromatic rings. The molecule has 1 fully saturated rings. The molecule has 1 heterocycles. The van der Waals surface area contributed by atoms with Crippen molar-refractivity contribution in [1.82, 2.24) is 0 Å². The molecule has 1 aliphatic rings. The van der Waals surface area contributed by atoms with Crippen LogP contribution in [0, 0.1) is 0 Å². The molecule has 0 aromatic heterocycles. The van der Waals surface area contributed by atoms with Crippen LogP contribution in [0.3, 0.4) is 0 Å². The zero-order valence-electron chi connectivity index (χ0n) is 16.0. The lowest BCUT2D eigenvalue weighted by Gasteiger charge is -2.41. The molecule has 3 rings (SSSR count). The van der Waals surface area contributed by atoms with E-state index in [1.165, 1.54) is 0 Å². The van der Waals surface area contributed by atoms with Crippen molar-refractivity contribution >= 4 is 23.0 Å². The molecule has 27 heavy (non-hydrogen) atoms. The van der Waals surface area contributed by atoms with Gasteiger partial charge in [-0.25, -0.2) is 4.79 Å². The van der Waals surface area contributed by atoms with E-state index in [4.69, 9.17) is 4.74 Å². The molecule has 0 spiro atoms. The highest BCUT2D eigenvalue weighted by Gasteiger charge is 2.44. The van der Waals surface area contributed by atoms with Crippen LogP contribution in [0.4, 0.5) is 0 Å². The van der Waals surface area contributed by atoms with Crippen LogP contribution in [0.2, 0.25) is 0 Å². The van der Waals surface area contributed by atoms with Gasteiger partial charge in [0.2, 0.25) is 5.60 Å². The lowest BCUT2D eigenvalue weighted by molar-refractivity contribution is -0.915. The van der Waals surface area contributed by atoms with Crippen LogP contribution >= 0.6 is 17.0 Å². The van der Waals surface area contributed by atoms with E-state index in [0.717, 1.165) is 37.0 Å². The first-order chi connectivity index (χ1) is 12.5. The number of likely N-dealkylation sites (N-methyl/N-ethyl adjacent to an activating group) is 1. The van der Waals surface area contributed by atoms with Gasteiger partial charge in [0.25, 0.3) is 0 Å². The van der Waals surface area contributed by atoms with Crippen LogP contribution in [0.5, 0.6) is 0 Å². The highest BCUT2D eigenvalue weighted by atomic mass is 79.9. The second-order valence-corrected chi connectivity index (χ2v) is 7.45. The van der Waals surface area contributed by atoms with Crippen molar-refractivity contribution in [3.05, 3.63) is 71.8 Å². The Morgan fingerprint density at radius 3 is 2.11 bits per heavy atom. The lowest BCUT2D eigenvalue weighted by atomic mass is 9.86. The molecule has 2 aromatic carbocycles. The molecule has 1 saturated heterocycles. The molecule has 1 N–H and O–H groups in total. The molecule has 0 bridgehead atoms. The zero-order chi connectivity index (χ0) is 18.6. The summed E-state index contributed by atoms with van der Waals surface area (Å²) in [5.41, 5.74) is -0.741. The van der Waals surface area contributed by atoms with Gasteiger partial charge in [-0.15, -0.1) is 17.0 Å². The van der Waals surface area contributed by atoms with E-state index in [1.807, 2.05) is 36.4 Å². The molecule has 146 valence electrons. The fourth-order valence-electron chi connectivity index (χ4n) is 3.76. The maximum absolute atomic E-state index is 13.2. The molecule has 0 radical (unpaired) electrons. The van der Waals surface area contributed by atoms with Gasteiger partial charge in [-0.3, -0.25) is 0 Å². The maximum Gasteiger partial charge on any atom is 0.348 e. The summed E-state index contributed by atoms with van der Waals surface area (Å²) in [6.45, 7) is 5.07. The third-order valence-corrected chi connectivity index (χ3v) is 5.58. The fraction of sp³-hybridized carbons (Fsp3) is 0.409. The fourth-order valence-corrected chi connectivity index (χ4v) is 3.76. The number of carbonyl (C=O) groups excluding carboxylic acids is 1. The van der Waals surface area contributed by atoms with Crippen LogP contribution in [-0.2, 0) is 15.1 Å². The number of hydrogen-bond donors (Lipinski definition) is 1. The standard InChI is InChI=1S/C22H28NO3.BrH/c1-3-23(2)16-10-15-20(17-23)26-21(24)22(25,18-11-6-4-7-12-18)19-13-8-5-9-14-19;/h4-9,11-14,20,25H,3,10,15-17H2,1-2H3;1H/q+1;. The maximum atomic E-state index is 13.2. The Bertz CT molecular complexity index is 698. The Hall–Kier alpha value is -1.69. The van der Waals surface area contributed by atoms with Crippen molar-refractivity contribution < 1.29 is 19.1 Å². The topological polar surface area (TPSA) is 46.5 Å². The van der Waals surface area contributed by atoms with Gasteiger partial charge in [0, 0.05) is 6.42 Å². The molecule has 4 nitrogen and oxygen atoms in total. The predicted octanol–water partition coefficient (Wildman–Crippen LogP) is 3.67. The molecular formula is C22H29BrNO3+. The van der Waals surface area contributed by atoms with E-state index in [-0.39, 0.29) is 23.1 Å². The number of benzene rings is 2. The van der Waals surface area contributed by atoms with Gasteiger partial charge in [-0.2, -0.15) is 0 Å². The minimum absolute atomic E-state index is 0. The van der Waals surface area contributed by atoms with Gasteiger partial charge >= 0.3 is 5.97 Å². The molecule has 2 atom stereocenters. The van der Waals surface area contributed by atoms with Gasteiger partial charge in [-0.05, 0) is 24.5 Å². The number of esters is 1. The Balaban J connectivity index is 0.00000261. The smallest absolute Gasteiger partial charge is 0.348 e. The number of aliphatic hydroxyl groups is 1. The largest absolute Gasteiger partial charge is 0.454 e. The SMILES string of the molecule is Br.CC[N+]1(C)CCCC(OC(=O)C(O)(c2ccccc2)c2ccccc2)C1. The first kappa shape index (κ1) is 21.6. The van der Waals surface area contributed by atoms with Crippen molar-refractivity contribution in [3.8, 4) is 0 Å². The molecule has 0 aliphatic carbocycles. The van der Waals surface area contributed by atoms with E-state index in [0.29, 0.717) is 11.1 Å². The number of nitrogens with zero attached hydrogens (tertiary/aromatic N) is 1. The summed E-state index contributed by atoms with van der Waals surface area (Å²) < 4.78 is 6.75. The van der Waals surface area contributed by atoms with Crippen molar-refractivity contribution in [2.24, 2.45) is 0 Å². The van der Waals surface area contributed by atoms with E-state index in [2.05, 4.69) is 14.0 Å². The Morgan fingerprint density at radius 2 is 1.63 bits per heavy atom. The summed E-state index contributed by atoms with van der Waals surface area (Å²) in [5, 5.41) is 11.5. The van der Waals surface area contributed by atoms with Gasteiger partial charge in [0.1, 0.15) is 6.54 Å². The second-order valence-electron chi connectivity index (χ2n) is 7.45. The van der Waals surface area contributed by atoms with E-state index < -0.39 is 11.6 Å². The third kappa shape index (κ3) is 4.60. The summed E-state index contributed by atoms with van der Waals surface area (Å²) in [7, 11) is 2.20. The first-order valence-corrected chi connectivity index (χ1v) is 9.36. The molecular weight excluding hydrogens is 406 g/mol. The van der Waals surface area contributed by atoms with Crippen molar-refractivity contribution in [1.29, 1.82) is 0 Å². The number of carbonyl (C=O) groups is 1. The van der Waals surface area contributed by atoms with E-state index in [9.17, 15) is 9.90 Å². The number of piperidine rings is 1. The van der Waals surface area contributed by atoms with Gasteiger partial charge in [0.05, 0.1) is 20.1 Å². The molecule has 1 aliphatic heterocycles. The van der Waals surface area contributed by atoms with Crippen LogP contribution in [0.15, 0.2) is 60.7 Å². The number of likely N-dealkylation sites (tertiary alicyclic amines) is 1. The molecule has 0 saturated carbocycles. The first-order valence-electron chi connectivity index (χ1n) is 9.36. The average Bonchev–Trinajstić information content (AvgIpc) is 2.68. The monoisotopic (exact) mass is 434 g/mol. The Labute approximate surface area is 172 Å². The van der Waals surface area contributed by atoms with E-state index >= 15 is 0 Å². The third-order valence-electron chi connectivity index (χ3n) is 5.58. The second kappa shape index (κ2) is 9.00. The zero-order valence-corrected chi connectivity index (χ0v) is 17.7. The number of quaternary nitrogens is 1. The average molecular weight is 435 g/mol. The molecule has 2 unspecified atom stereocenters. The van der Waals surface area contributed by atoms with Crippen LogP contribution in [0.25, 0.3) is 0 Å². The highest BCUT2D eigenvalue weighted by molar-refractivity contribution is 8.93. The minimum Gasteiger partial charge on any atom is -0.454 e. The van der Waals surface area contributed by atoms with Gasteiger partial charge < -0.3 is 14.3 Å². The number of rotatable bonds is 5. The predicted molar refractivity (Wildman–Crippen MR) is 112 cm³/mol. The van der Waals surface area contributed by atoms with Gasteiger partial charge in [-0.1, -0.05) is 60.7 Å². The summed E-state index contributed by atoms with van der Waals surface area (Å²) in [5.74, 6) is -0.593. The van der Waals surface area contributed by atoms with E-state index in [1.54, 1.807) is 24.3 Å². The number of halogens is 1. The lowest BCUT2D eigenvalue weighted by Crippen LogP contribution is -2.54. The quantitative estimate of drug-likeness (QED) is 0.576. The van der Waals surface area contributed by atoms with Crippen LogP contribution < -0.4 is 0 Å². The van der Waals surface area contributed by atoms with Crippen LogP contribution in [0.1, 0.15) is 30.9 Å². The Kier molecular flexibility index (Phi) is 7.20. The summed E-state index contributed by atoms with van der Waals surface area (Å²) in [4.78, 5) is 13.2. The van der Waals surface area contributed by atoms with Crippen LogP contribution in [-0.4, -0.2) is 48.3 Å². The summed E-state index contributed by atoms with van der Waals surface area (Å²) in [6.07, 6.45) is 1.71. The number of hydrogen-bond acceptors (Lipinski definition) is 3. The summed E-state index contributed by atoms with van der Waals surface area (Å²) in [6, 6.07) is 18.1. The minimum atomic E-state index is -1.80. The van der Waals surface area contributed by atoms with Crippen molar-refractivity contribution in [2.75, 3.05) is 26.7 Å².